The molecule has 7 nitrogen and oxygen atoms in total. The Hall–Kier alpha value is -3.35. The molecule has 0 atom stereocenters. The first-order valence-electron chi connectivity index (χ1n) is 9.32. The molecule has 1 fully saturated rings. The number of nitriles is 1. The van der Waals surface area contributed by atoms with Crippen LogP contribution in [0.2, 0.25) is 0 Å². The summed E-state index contributed by atoms with van der Waals surface area (Å²) in [7, 11) is 0. The predicted molar refractivity (Wildman–Crippen MR) is 98.5 cm³/mol. The topological polar surface area (TPSA) is 97.1 Å². The highest BCUT2D eigenvalue weighted by molar-refractivity contribution is 5.77. The number of rotatable bonds is 6. The molecule has 158 valence electrons. The number of carbonyl (C=O) groups is 1. The van der Waals surface area contributed by atoms with Gasteiger partial charge in [-0.1, -0.05) is 6.07 Å². The van der Waals surface area contributed by atoms with Gasteiger partial charge in [-0.15, -0.1) is 0 Å². The van der Waals surface area contributed by atoms with E-state index >= 15 is 0 Å². The van der Waals surface area contributed by atoms with Crippen LogP contribution in [0.5, 0.6) is 11.6 Å². The number of aromatic nitrogens is 2. The molecule has 1 aliphatic carbocycles. The van der Waals surface area contributed by atoms with Crippen LogP contribution in [0.4, 0.5) is 13.2 Å². The third-order valence-corrected chi connectivity index (χ3v) is 4.62. The second kappa shape index (κ2) is 9.43. The zero-order chi connectivity index (χ0) is 21.6. The Morgan fingerprint density at radius 2 is 1.93 bits per heavy atom. The Bertz CT molecular complexity index is 922. The third kappa shape index (κ3) is 5.83. The smallest absolute Gasteiger partial charge is 0.416 e. The molecule has 1 aromatic heterocycles. The van der Waals surface area contributed by atoms with Gasteiger partial charge < -0.3 is 14.8 Å². The van der Waals surface area contributed by atoms with Gasteiger partial charge >= 0.3 is 6.18 Å². The molecule has 0 saturated heterocycles. The zero-order valence-electron chi connectivity index (χ0n) is 15.9. The number of hydrogen-bond acceptors (Lipinski definition) is 6. The minimum atomic E-state index is -4.47. The lowest BCUT2D eigenvalue weighted by atomic mass is 9.93. The summed E-state index contributed by atoms with van der Waals surface area (Å²) in [6, 6.07) is 6.24. The van der Waals surface area contributed by atoms with Gasteiger partial charge in [-0.05, 0) is 43.9 Å². The summed E-state index contributed by atoms with van der Waals surface area (Å²) in [5, 5.41) is 11.8. The van der Waals surface area contributed by atoms with Crippen molar-refractivity contribution < 1.29 is 27.4 Å². The lowest BCUT2D eigenvalue weighted by Crippen LogP contribution is -2.41. The van der Waals surface area contributed by atoms with E-state index in [1.807, 2.05) is 6.07 Å². The fraction of sp³-hybridized carbons (Fsp3) is 0.400. The molecule has 1 aliphatic rings. The summed E-state index contributed by atoms with van der Waals surface area (Å²) in [6.45, 7) is -0.372. The van der Waals surface area contributed by atoms with Gasteiger partial charge in [0.2, 0.25) is 5.69 Å². The van der Waals surface area contributed by atoms with Crippen molar-refractivity contribution in [2.24, 2.45) is 0 Å². The number of ether oxygens (including phenoxy) is 2. The summed E-state index contributed by atoms with van der Waals surface area (Å²) in [5.41, 5.74) is -0.707. The molecule has 0 bridgehead atoms. The van der Waals surface area contributed by atoms with Gasteiger partial charge in [0.25, 0.3) is 11.8 Å². The van der Waals surface area contributed by atoms with Crippen molar-refractivity contribution in [2.45, 2.75) is 44.0 Å². The lowest BCUT2D eigenvalue weighted by Gasteiger charge is -2.29. The first-order chi connectivity index (χ1) is 14.3. The molecule has 0 radical (unpaired) electrons. The van der Waals surface area contributed by atoms with Crippen LogP contribution in [0.3, 0.4) is 0 Å². The fourth-order valence-corrected chi connectivity index (χ4v) is 3.15. The molecule has 0 aliphatic heterocycles. The predicted octanol–water partition coefficient (Wildman–Crippen LogP) is 3.25. The molecule has 1 saturated carbocycles. The summed E-state index contributed by atoms with van der Waals surface area (Å²) in [6.07, 6.45) is 0.877. The van der Waals surface area contributed by atoms with Crippen LogP contribution < -0.4 is 14.8 Å². The molecule has 2 aromatic rings. The molecule has 1 N–H and O–H groups in total. The number of hydrogen-bond donors (Lipinski definition) is 1. The lowest BCUT2D eigenvalue weighted by molar-refractivity contribution is -0.137. The van der Waals surface area contributed by atoms with Crippen LogP contribution in [0.25, 0.3) is 0 Å². The van der Waals surface area contributed by atoms with Crippen molar-refractivity contribution >= 4 is 5.91 Å². The number of alkyl halides is 3. The fourth-order valence-electron chi connectivity index (χ4n) is 3.15. The largest absolute Gasteiger partial charge is 0.484 e. The molecule has 10 heteroatoms. The second-order valence-corrected chi connectivity index (χ2v) is 6.80. The van der Waals surface area contributed by atoms with Crippen LogP contribution in [-0.4, -0.2) is 34.6 Å². The summed E-state index contributed by atoms with van der Waals surface area (Å²) in [5.74, 6) is -0.228. The van der Waals surface area contributed by atoms with Gasteiger partial charge in [0, 0.05) is 18.4 Å². The van der Waals surface area contributed by atoms with Gasteiger partial charge in [-0.2, -0.15) is 18.4 Å². The maximum atomic E-state index is 12.7. The number of benzene rings is 1. The van der Waals surface area contributed by atoms with Crippen LogP contribution in [0, 0.1) is 11.3 Å². The molecule has 3 rings (SSSR count). The normalized spacial score (nSPS) is 18.9. The minimum Gasteiger partial charge on any atom is -0.484 e. The van der Waals surface area contributed by atoms with E-state index in [1.54, 1.807) is 0 Å². The second-order valence-electron chi connectivity index (χ2n) is 6.80. The Balaban J connectivity index is 1.43. The molecule has 0 spiro atoms. The Labute approximate surface area is 170 Å². The van der Waals surface area contributed by atoms with Crippen molar-refractivity contribution in [3.63, 3.8) is 0 Å². The molecule has 1 aromatic carbocycles. The average Bonchev–Trinajstić information content (AvgIpc) is 2.74. The molecule has 1 heterocycles. The molecular formula is C20H19F3N4O3. The van der Waals surface area contributed by atoms with E-state index in [9.17, 15) is 18.0 Å². The van der Waals surface area contributed by atoms with Crippen molar-refractivity contribution in [1.29, 1.82) is 5.26 Å². The first kappa shape index (κ1) is 21.4. The standard InChI is InChI=1S/C20H19F3N4O3/c21-20(22,23)13-2-1-3-16(10-13)29-12-18(28)27-14-4-6-15(7-5-14)30-19-17(11-24)25-8-9-26-19/h1-3,8-10,14-15H,4-7,12H2,(H,27,28). The SMILES string of the molecule is N#Cc1nccnc1OC1CCC(NC(=O)COc2cccc(C(F)(F)F)c2)CC1. The van der Waals surface area contributed by atoms with E-state index in [0.29, 0.717) is 25.7 Å². The minimum absolute atomic E-state index is 0.0191. The van der Waals surface area contributed by atoms with Crippen LogP contribution in [0.15, 0.2) is 36.7 Å². The van der Waals surface area contributed by atoms with E-state index in [1.165, 1.54) is 24.5 Å². The van der Waals surface area contributed by atoms with E-state index in [2.05, 4.69) is 15.3 Å². The highest BCUT2D eigenvalue weighted by atomic mass is 19.4. The van der Waals surface area contributed by atoms with Crippen LogP contribution in [0.1, 0.15) is 36.9 Å². The summed E-state index contributed by atoms with van der Waals surface area (Å²) < 4.78 is 49.1. The van der Waals surface area contributed by atoms with Gasteiger partial charge in [-0.3, -0.25) is 4.79 Å². The van der Waals surface area contributed by atoms with Gasteiger partial charge in [-0.25, -0.2) is 9.97 Å². The number of carbonyl (C=O) groups excluding carboxylic acids is 1. The van der Waals surface area contributed by atoms with Gasteiger partial charge in [0.05, 0.1) is 5.56 Å². The summed E-state index contributed by atoms with van der Waals surface area (Å²) in [4.78, 5) is 20.0. The summed E-state index contributed by atoms with van der Waals surface area (Å²) >= 11 is 0. The number of nitrogens with one attached hydrogen (secondary N) is 1. The maximum Gasteiger partial charge on any atom is 0.416 e. The van der Waals surface area contributed by atoms with Crippen LogP contribution in [-0.2, 0) is 11.0 Å². The highest BCUT2D eigenvalue weighted by Gasteiger charge is 2.30. The Kier molecular flexibility index (Phi) is 6.72. The Morgan fingerprint density at radius 1 is 1.20 bits per heavy atom. The van der Waals surface area contributed by atoms with Gasteiger partial charge in [0.1, 0.15) is 17.9 Å². The molecule has 30 heavy (non-hydrogen) atoms. The quantitative estimate of drug-likeness (QED) is 0.771. The third-order valence-electron chi connectivity index (χ3n) is 4.62. The first-order valence-corrected chi connectivity index (χ1v) is 9.32. The zero-order valence-corrected chi connectivity index (χ0v) is 15.9. The number of amides is 1. The van der Waals surface area contributed by atoms with Crippen molar-refractivity contribution in [3.05, 3.63) is 47.9 Å². The highest BCUT2D eigenvalue weighted by Crippen LogP contribution is 2.31. The maximum absolute atomic E-state index is 12.7. The van der Waals surface area contributed by atoms with E-state index in [4.69, 9.17) is 14.7 Å². The average molecular weight is 420 g/mol. The molecule has 0 unspecified atom stereocenters. The Morgan fingerprint density at radius 3 is 2.63 bits per heavy atom. The van der Waals surface area contributed by atoms with E-state index in [-0.39, 0.29) is 36.1 Å². The van der Waals surface area contributed by atoms with E-state index < -0.39 is 17.6 Å². The van der Waals surface area contributed by atoms with E-state index in [0.717, 1.165) is 12.1 Å². The van der Waals surface area contributed by atoms with Crippen molar-refractivity contribution in [3.8, 4) is 17.7 Å². The van der Waals surface area contributed by atoms with Gasteiger partial charge in [0.15, 0.2) is 6.61 Å². The van der Waals surface area contributed by atoms with Crippen molar-refractivity contribution in [2.75, 3.05) is 6.61 Å². The molecule has 1 amide bonds. The number of halogens is 3. The van der Waals surface area contributed by atoms with Crippen LogP contribution >= 0.6 is 0 Å². The van der Waals surface area contributed by atoms with Crippen molar-refractivity contribution in [1.82, 2.24) is 15.3 Å². The molecular weight excluding hydrogens is 401 g/mol. The number of nitrogens with zero attached hydrogens (tertiary/aromatic N) is 3. The monoisotopic (exact) mass is 420 g/mol.